The third-order valence-corrected chi connectivity index (χ3v) is 2.45. The number of nitrogens with zero attached hydrogens (tertiary/aromatic N) is 3. The number of aromatic amines is 1. The van der Waals surface area contributed by atoms with Crippen LogP contribution in [-0.2, 0) is 0 Å². The van der Waals surface area contributed by atoms with E-state index in [0.717, 1.165) is 25.8 Å². The first-order valence-corrected chi connectivity index (χ1v) is 5.59. The van der Waals surface area contributed by atoms with Crippen molar-refractivity contribution in [3.05, 3.63) is 22.9 Å². The molecule has 2 aromatic rings. The summed E-state index contributed by atoms with van der Waals surface area (Å²) in [7, 11) is 0. The first-order valence-electron chi connectivity index (χ1n) is 5.59. The Morgan fingerprint density at radius 3 is 3.12 bits per heavy atom. The predicted molar refractivity (Wildman–Crippen MR) is 63.0 cm³/mol. The molecular formula is C10H15N5O2. The quantitative estimate of drug-likeness (QED) is 0.614. The molecule has 0 amide bonds. The summed E-state index contributed by atoms with van der Waals surface area (Å²) in [6.07, 6.45) is 4.22. The van der Waals surface area contributed by atoms with Crippen LogP contribution in [0.1, 0.15) is 19.3 Å². The molecule has 0 bridgehead atoms. The largest absolute Gasteiger partial charge is 0.396 e. The number of aliphatic hydroxyl groups excluding tert-OH is 1. The van der Waals surface area contributed by atoms with E-state index < -0.39 is 0 Å². The number of aromatic nitrogens is 4. The summed E-state index contributed by atoms with van der Waals surface area (Å²) in [5, 5.41) is 18.0. The number of hydrogen-bond acceptors (Lipinski definition) is 5. The van der Waals surface area contributed by atoms with Crippen molar-refractivity contribution in [1.82, 2.24) is 19.6 Å². The van der Waals surface area contributed by atoms with Crippen LogP contribution in [0.3, 0.4) is 0 Å². The molecule has 0 saturated heterocycles. The highest BCUT2D eigenvalue weighted by atomic mass is 16.2. The highest BCUT2D eigenvalue weighted by Gasteiger charge is 2.01. The molecule has 92 valence electrons. The molecule has 0 radical (unpaired) electrons. The molecule has 0 saturated carbocycles. The Hall–Kier alpha value is -1.89. The summed E-state index contributed by atoms with van der Waals surface area (Å²) in [5.41, 5.74) is 0.254. The number of anilines is 1. The maximum atomic E-state index is 11.2. The Bertz CT molecular complexity index is 533. The van der Waals surface area contributed by atoms with Gasteiger partial charge in [-0.15, -0.1) is 0 Å². The molecule has 0 aliphatic carbocycles. The number of H-pyrrole nitrogens is 1. The summed E-state index contributed by atoms with van der Waals surface area (Å²) in [6.45, 7) is 1.03. The van der Waals surface area contributed by atoms with Gasteiger partial charge >= 0.3 is 5.69 Å². The molecule has 17 heavy (non-hydrogen) atoms. The summed E-state index contributed by atoms with van der Waals surface area (Å²) < 4.78 is 1.34. The topological polar surface area (TPSA) is 95.3 Å². The van der Waals surface area contributed by atoms with Gasteiger partial charge in [-0.3, -0.25) is 0 Å². The summed E-state index contributed by atoms with van der Waals surface area (Å²) in [4.78, 5) is 15.3. The third-order valence-electron chi connectivity index (χ3n) is 2.45. The van der Waals surface area contributed by atoms with Gasteiger partial charge in [0.05, 0.1) is 0 Å². The van der Waals surface area contributed by atoms with Crippen LogP contribution in [0, 0.1) is 0 Å². The van der Waals surface area contributed by atoms with E-state index in [1.165, 1.54) is 10.7 Å². The maximum absolute atomic E-state index is 11.2. The lowest BCUT2D eigenvalue weighted by Gasteiger charge is -2.04. The van der Waals surface area contributed by atoms with E-state index in [1.54, 1.807) is 6.07 Å². The molecule has 0 aliphatic rings. The monoisotopic (exact) mass is 237 g/mol. The smallest absolute Gasteiger partial charge is 0.348 e. The molecule has 0 fully saturated rings. The van der Waals surface area contributed by atoms with E-state index in [9.17, 15) is 4.79 Å². The Morgan fingerprint density at radius 1 is 1.41 bits per heavy atom. The molecule has 7 heteroatoms. The zero-order valence-electron chi connectivity index (χ0n) is 9.39. The van der Waals surface area contributed by atoms with Gasteiger partial charge < -0.3 is 10.4 Å². The van der Waals surface area contributed by atoms with E-state index in [2.05, 4.69) is 20.5 Å². The van der Waals surface area contributed by atoms with Crippen LogP contribution in [0.2, 0.25) is 0 Å². The van der Waals surface area contributed by atoms with Crippen molar-refractivity contribution in [1.29, 1.82) is 0 Å². The predicted octanol–water partition coefficient (Wildman–Crippen LogP) is -0.00790. The van der Waals surface area contributed by atoms with Gasteiger partial charge in [-0.25, -0.2) is 19.3 Å². The van der Waals surface area contributed by atoms with Crippen LogP contribution in [0.5, 0.6) is 0 Å². The van der Waals surface area contributed by atoms with Crippen molar-refractivity contribution in [2.24, 2.45) is 0 Å². The van der Waals surface area contributed by atoms with Gasteiger partial charge in [0.1, 0.15) is 12.1 Å². The Labute approximate surface area is 97.5 Å². The minimum absolute atomic E-state index is 0.237. The van der Waals surface area contributed by atoms with Crippen LogP contribution in [0.15, 0.2) is 17.2 Å². The van der Waals surface area contributed by atoms with Crippen molar-refractivity contribution in [3.8, 4) is 0 Å². The molecule has 2 heterocycles. The second-order valence-corrected chi connectivity index (χ2v) is 3.74. The number of fused-ring (bicyclic) bond motifs is 1. The highest BCUT2D eigenvalue weighted by Crippen LogP contribution is 2.04. The first-order chi connectivity index (χ1) is 8.31. The average molecular weight is 237 g/mol. The molecule has 0 spiro atoms. The lowest BCUT2D eigenvalue weighted by molar-refractivity contribution is 0.283. The first kappa shape index (κ1) is 11.6. The number of aliphatic hydroxyl groups is 1. The molecule has 0 unspecified atom stereocenters. The van der Waals surface area contributed by atoms with E-state index >= 15 is 0 Å². The normalized spacial score (nSPS) is 10.9. The Morgan fingerprint density at radius 2 is 2.29 bits per heavy atom. The van der Waals surface area contributed by atoms with Crippen molar-refractivity contribution < 1.29 is 5.11 Å². The Kier molecular flexibility index (Phi) is 3.71. The fraction of sp³-hybridized carbons (Fsp3) is 0.500. The van der Waals surface area contributed by atoms with E-state index in [4.69, 9.17) is 5.11 Å². The fourth-order valence-corrected chi connectivity index (χ4v) is 1.54. The zero-order valence-corrected chi connectivity index (χ0v) is 9.39. The van der Waals surface area contributed by atoms with Crippen LogP contribution in [-0.4, -0.2) is 37.8 Å². The van der Waals surface area contributed by atoms with Crippen LogP contribution >= 0.6 is 0 Å². The Balaban J connectivity index is 1.93. The fourth-order valence-electron chi connectivity index (χ4n) is 1.54. The number of unbranched alkanes of at least 4 members (excludes halogenated alkanes) is 2. The highest BCUT2D eigenvalue weighted by molar-refractivity contribution is 5.48. The van der Waals surface area contributed by atoms with Crippen LogP contribution in [0.25, 0.3) is 5.65 Å². The summed E-state index contributed by atoms with van der Waals surface area (Å²) in [6, 6.07) is 1.71. The van der Waals surface area contributed by atoms with Crippen molar-refractivity contribution in [2.75, 3.05) is 18.5 Å². The van der Waals surface area contributed by atoms with Gasteiger partial charge in [0.25, 0.3) is 0 Å². The number of nitrogens with one attached hydrogen (secondary N) is 2. The SMILES string of the molecule is O=c1[nH]nc2cc(NCCCCCO)ncn12. The lowest BCUT2D eigenvalue weighted by atomic mass is 10.2. The van der Waals surface area contributed by atoms with Crippen molar-refractivity contribution in [3.63, 3.8) is 0 Å². The van der Waals surface area contributed by atoms with Gasteiger partial charge in [-0.2, -0.15) is 5.10 Å². The molecule has 0 aliphatic heterocycles. The summed E-state index contributed by atoms with van der Waals surface area (Å²) >= 11 is 0. The van der Waals surface area contributed by atoms with Crippen molar-refractivity contribution >= 4 is 11.5 Å². The van der Waals surface area contributed by atoms with Gasteiger partial charge in [-0.1, -0.05) is 0 Å². The van der Waals surface area contributed by atoms with Crippen LogP contribution < -0.4 is 11.0 Å². The minimum Gasteiger partial charge on any atom is -0.396 e. The maximum Gasteiger partial charge on any atom is 0.348 e. The molecule has 2 rings (SSSR count). The molecule has 3 N–H and O–H groups in total. The summed E-state index contributed by atoms with van der Waals surface area (Å²) in [5.74, 6) is 0.695. The second-order valence-electron chi connectivity index (χ2n) is 3.74. The molecular weight excluding hydrogens is 222 g/mol. The lowest BCUT2D eigenvalue weighted by Crippen LogP contribution is -2.10. The third kappa shape index (κ3) is 2.82. The van der Waals surface area contributed by atoms with Gasteiger partial charge in [0.2, 0.25) is 0 Å². The van der Waals surface area contributed by atoms with E-state index in [0.29, 0.717) is 11.5 Å². The van der Waals surface area contributed by atoms with Gasteiger partial charge in [0.15, 0.2) is 5.65 Å². The minimum atomic E-state index is -0.290. The van der Waals surface area contributed by atoms with Crippen molar-refractivity contribution in [2.45, 2.75) is 19.3 Å². The second kappa shape index (κ2) is 5.44. The molecule has 0 aromatic carbocycles. The number of rotatable bonds is 6. The van der Waals surface area contributed by atoms with Gasteiger partial charge in [-0.05, 0) is 19.3 Å². The van der Waals surface area contributed by atoms with E-state index in [1.807, 2.05) is 0 Å². The number of hydrogen-bond donors (Lipinski definition) is 3. The van der Waals surface area contributed by atoms with E-state index in [-0.39, 0.29) is 12.3 Å². The molecule has 2 aromatic heterocycles. The zero-order chi connectivity index (χ0) is 12.1. The molecule has 0 atom stereocenters. The standard InChI is InChI=1S/C10H15N5O2/c16-5-3-1-2-4-11-8-6-9-13-14-10(17)15(9)7-12-8/h6-7,11,16H,1-5H2,(H,14,17). The van der Waals surface area contributed by atoms with Gasteiger partial charge in [0, 0.05) is 19.2 Å². The average Bonchev–Trinajstić information content (AvgIpc) is 2.71. The molecule has 7 nitrogen and oxygen atoms in total. The van der Waals surface area contributed by atoms with Crippen LogP contribution in [0.4, 0.5) is 5.82 Å².